The van der Waals surface area contributed by atoms with Crippen LogP contribution in [0.25, 0.3) is 0 Å². The maximum absolute atomic E-state index is 10.3. The molecule has 0 spiro atoms. The minimum absolute atomic E-state index is 0.191. The quantitative estimate of drug-likeness (QED) is 0.161. The fraction of sp³-hybridized carbons (Fsp3) is 0.556. The van der Waals surface area contributed by atoms with Gasteiger partial charge >= 0.3 is 0 Å². The van der Waals surface area contributed by atoms with E-state index in [1.165, 1.54) is 0 Å². The number of aliphatic imine (C=N–C) groups is 1. The van der Waals surface area contributed by atoms with Crippen molar-refractivity contribution in [3.8, 4) is 0 Å². The number of hydrogen-bond acceptors (Lipinski definition) is 6. The summed E-state index contributed by atoms with van der Waals surface area (Å²) in [6.07, 6.45) is 1.66. The molecule has 4 N–H and O–H groups in total. The topological polar surface area (TPSA) is 122 Å². The van der Waals surface area contributed by atoms with E-state index in [1.807, 2.05) is 6.92 Å². The van der Waals surface area contributed by atoms with Crippen molar-refractivity contribution < 1.29 is 4.92 Å². The number of imidazole rings is 1. The Morgan fingerprint density at radius 3 is 3.11 bits per heavy atom. The predicted molar refractivity (Wildman–Crippen MR) is 71.0 cm³/mol. The normalized spacial score (nSPS) is 11.6. The second-order valence-corrected chi connectivity index (χ2v) is 4.60. The van der Waals surface area contributed by atoms with Crippen LogP contribution in [0.5, 0.6) is 0 Å². The zero-order valence-corrected chi connectivity index (χ0v) is 10.9. The molecule has 1 aromatic rings. The van der Waals surface area contributed by atoms with Gasteiger partial charge < -0.3 is 10.4 Å². The van der Waals surface area contributed by atoms with Gasteiger partial charge in [-0.15, -0.1) is 0 Å². The van der Waals surface area contributed by atoms with Gasteiger partial charge in [0.05, 0.1) is 18.6 Å². The molecular formula is C9H16N6O2S. The van der Waals surface area contributed by atoms with Gasteiger partial charge in [0.2, 0.25) is 0 Å². The van der Waals surface area contributed by atoms with Gasteiger partial charge in [0.25, 0.3) is 6.54 Å². The van der Waals surface area contributed by atoms with E-state index in [0.29, 0.717) is 6.54 Å². The Labute approximate surface area is 109 Å². The number of aromatic amines is 1. The lowest BCUT2D eigenvalue weighted by Gasteiger charge is -2.01. The van der Waals surface area contributed by atoms with Crippen molar-refractivity contribution in [2.24, 2.45) is 10.8 Å². The highest BCUT2D eigenvalue weighted by Crippen LogP contribution is 2.11. The van der Waals surface area contributed by atoms with Gasteiger partial charge in [-0.05, 0) is 6.92 Å². The van der Waals surface area contributed by atoms with Gasteiger partial charge in [-0.2, -0.15) is 11.8 Å². The Bertz CT molecular complexity index is 419. The molecule has 9 heteroatoms. The number of hydrogen-bond donors (Lipinski definition) is 3. The molecule has 0 fully saturated rings. The van der Waals surface area contributed by atoms with Crippen molar-refractivity contribution in [3.63, 3.8) is 0 Å². The van der Waals surface area contributed by atoms with Crippen molar-refractivity contribution >= 4 is 17.6 Å². The highest BCUT2D eigenvalue weighted by molar-refractivity contribution is 7.98. The van der Waals surface area contributed by atoms with E-state index in [9.17, 15) is 10.1 Å². The standard InChI is InChI=1S/C9H16N6O2S/c1-7-8(13-6-12-7)5-18-3-2-11-9(14-10)4-15(16)17/h6H,2-5,10H2,1H3,(H,11,14)(H,12,13). The molecule has 100 valence electrons. The molecule has 0 aliphatic heterocycles. The lowest BCUT2D eigenvalue weighted by molar-refractivity contribution is -0.463. The molecule has 0 bridgehead atoms. The summed E-state index contributed by atoms with van der Waals surface area (Å²) in [6, 6.07) is 0. The number of aromatic nitrogens is 2. The van der Waals surface area contributed by atoms with Gasteiger partial charge in [-0.1, -0.05) is 0 Å². The van der Waals surface area contributed by atoms with Crippen molar-refractivity contribution in [2.75, 3.05) is 18.8 Å². The minimum atomic E-state index is -0.473. The van der Waals surface area contributed by atoms with Crippen LogP contribution in [0, 0.1) is 17.0 Å². The molecule has 8 nitrogen and oxygen atoms in total. The van der Waals surface area contributed by atoms with E-state index in [-0.39, 0.29) is 12.4 Å². The van der Waals surface area contributed by atoms with Crippen molar-refractivity contribution in [1.82, 2.24) is 15.4 Å². The molecule has 0 aliphatic rings. The van der Waals surface area contributed by atoms with Crippen LogP contribution in [0.3, 0.4) is 0 Å². The summed E-state index contributed by atoms with van der Waals surface area (Å²) < 4.78 is 0. The van der Waals surface area contributed by atoms with Crippen LogP contribution in [0.4, 0.5) is 0 Å². The predicted octanol–water partition coefficient (Wildman–Crippen LogP) is 0.0898. The molecule has 1 rings (SSSR count). The van der Waals surface area contributed by atoms with E-state index >= 15 is 0 Å². The number of hydrazine groups is 1. The first-order chi connectivity index (χ1) is 8.63. The Hall–Kier alpha value is -1.61. The average molecular weight is 272 g/mol. The first-order valence-electron chi connectivity index (χ1n) is 5.31. The summed E-state index contributed by atoms with van der Waals surface area (Å²) >= 11 is 1.67. The van der Waals surface area contributed by atoms with Crippen LogP contribution >= 0.6 is 11.8 Å². The molecule has 0 saturated carbocycles. The molecule has 0 unspecified atom stereocenters. The molecule has 18 heavy (non-hydrogen) atoms. The minimum Gasteiger partial charge on any atom is -0.348 e. The second-order valence-electron chi connectivity index (χ2n) is 3.49. The monoisotopic (exact) mass is 272 g/mol. The van der Waals surface area contributed by atoms with Gasteiger partial charge in [-0.3, -0.25) is 15.1 Å². The lowest BCUT2D eigenvalue weighted by atomic mass is 10.4. The third kappa shape index (κ3) is 5.15. The number of nitrogens with one attached hydrogen (secondary N) is 2. The van der Waals surface area contributed by atoms with Crippen LogP contribution in [-0.2, 0) is 5.75 Å². The lowest BCUT2D eigenvalue weighted by Crippen LogP contribution is -2.35. The van der Waals surface area contributed by atoms with Crippen LogP contribution in [-0.4, -0.2) is 39.6 Å². The molecule has 0 atom stereocenters. The first-order valence-corrected chi connectivity index (χ1v) is 6.47. The average Bonchev–Trinajstić information content (AvgIpc) is 2.72. The fourth-order valence-corrected chi connectivity index (χ4v) is 2.06. The summed E-state index contributed by atoms with van der Waals surface area (Å²) in [6.45, 7) is 2.08. The molecule has 0 radical (unpaired) electrons. The van der Waals surface area contributed by atoms with Gasteiger partial charge in [-0.25, -0.2) is 10.8 Å². The van der Waals surface area contributed by atoms with E-state index < -0.39 is 4.92 Å². The van der Waals surface area contributed by atoms with E-state index in [2.05, 4.69) is 20.4 Å². The number of amidine groups is 1. The van der Waals surface area contributed by atoms with E-state index in [4.69, 9.17) is 5.84 Å². The van der Waals surface area contributed by atoms with Gasteiger partial charge in [0, 0.05) is 22.1 Å². The third-order valence-corrected chi connectivity index (χ3v) is 3.11. The Kier molecular flexibility index (Phi) is 6.15. The van der Waals surface area contributed by atoms with E-state index in [1.54, 1.807) is 18.1 Å². The maximum atomic E-state index is 10.3. The maximum Gasteiger partial charge on any atom is 0.261 e. The fourth-order valence-electron chi connectivity index (χ4n) is 1.21. The number of thioether (sulfide) groups is 1. The zero-order chi connectivity index (χ0) is 13.4. The SMILES string of the molecule is Cc1[nH]cnc1CSCCN=C(C[N+](=O)[O-])NN. The third-order valence-electron chi connectivity index (χ3n) is 2.16. The number of nitro groups is 1. The molecule has 1 heterocycles. The largest absolute Gasteiger partial charge is 0.348 e. The summed E-state index contributed by atoms with van der Waals surface area (Å²) in [5, 5.41) is 10.3. The molecule has 0 aromatic carbocycles. The molecule has 0 amide bonds. The zero-order valence-electron chi connectivity index (χ0n) is 10.0. The number of nitrogens with zero attached hydrogens (tertiary/aromatic N) is 3. The molecule has 0 saturated heterocycles. The van der Waals surface area contributed by atoms with Crippen molar-refractivity contribution in [1.29, 1.82) is 0 Å². The summed E-state index contributed by atoms with van der Waals surface area (Å²) in [7, 11) is 0. The number of aryl methyl sites for hydroxylation is 1. The molecule has 1 aromatic heterocycles. The van der Waals surface area contributed by atoms with Crippen LogP contribution in [0.15, 0.2) is 11.3 Å². The van der Waals surface area contributed by atoms with Crippen LogP contribution in [0.2, 0.25) is 0 Å². The Morgan fingerprint density at radius 2 is 2.56 bits per heavy atom. The van der Waals surface area contributed by atoms with Gasteiger partial charge in [0.1, 0.15) is 0 Å². The van der Waals surface area contributed by atoms with Crippen molar-refractivity contribution in [2.45, 2.75) is 12.7 Å². The number of H-pyrrole nitrogens is 1. The van der Waals surface area contributed by atoms with Crippen LogP contribution in [0.1, 0.15) is 11.4 Å². The highest BCUT2D eigenvalue weighted by Gasteiger charge is 2.04. The molecular weight excluding hydrogens is 256 g/mol. The van der Waals surface area contributed by atoms with E-state index in [0.717, 1.165) is 22.9 Å². The summed E-state index contributed by atoms with van der Waals surface area (Å²) in [5.41, 5.74) is 4.31. The highest BCUT2D eigenvalue weighted by atomic mass is 32.2. The summed E-state index contributed by atoms with van der Waals surface area (Å²) in [4.78, 5) is 21.0. The van der Waals surface area contributed by atoms with Gasteiger partial charge in [0.15, 0.2) is 5.84 Å². The number of rotatable bonds is 7. The van der Waals surface area contributed by atoms with Crippen LogP contribution < -0.4 is 11.3 Å². The van der Waals surface area contributed by atoms with Crippen molar-refractivity contribution in [3.05, 3.63) is 27.8 Å². The second kappa shape index (κ2) is 7.67. The summed E-state index contributed by atoms with van der Waals surface area (Å²) in [5.74, 6) is 6.87. The molecule has 0 aliphatic carbocycles. The Balaban J connectivity index is 2.23. The first kappa shape index (κ1) is 14.5. The Morgan fingerprint density at radius 1 is 1.78 bits per heavy atom. The number of nitrogens with two attached hydrogens (primary N) is 1. The smallest absolute Gasteiger partial charge is 0.261 e.